The molecule has 1 N–H and O–H groups in total. The van der Waals surface area contributed by atoms with Crippen LogP contribution in [0.1, 0.15) is 21.7 Å². The standard InChI is InChI=1S/C17H14N4OS2/c1-11-3-2-5-21-8-13(19-15(11)21)7-18-16(22)14-10-24-17(20-14)12-4-6-23-9-12/h2-6,8-10H,7H2,1H3,(H,18,22). The van der Waals surface area contributed by atoms with E-state index in [2.05, 4.69) is 15.3 Å². The molecule has 4 heterocycles. The largest absolute Gasteiger partial charge is 0.345 e. The fourth-order valence-corrected chi connectivity index (χ4v) is 3.96. The van der Waals surface area contributed by atoms with Crippen LogP contribution >= 0.6 is 22.7 Å². The first kappa shape index (κ1) is 15.0. The van der Waals surface area contributed by atoms with Crippen molar-refractivity contribution in [3.05, 3.63) is 63.7 Å². The number of thiophene rings is 1. The molecular formula is C17H14N4OS2. The lowest BCUT2D eigenvalue weighted by atomic mass is 10.3. The van der Waals surface area contributed by atoms with Gasteiger partial charge in [0.1, 0.15) is 16.3 Å². The summed E-state index contributed by atoms with van der Waals surface area (Å²) >= 11 is 3.10. The first-order valence-electron chi connectivity index (χ1n) is 7.40. The Balaban J connectivity index is 1.47. The van der Waals surface area contributed by atoms with E-state index in [9.17, 15) is 4.79 Å². The van der Waals surface area contributed by atoms with Crippen molar-refractivity contribution in [2.24, 2.45) is 0 Å². The quantitative estimate of drug-likeness (QED) is 0.607. The minimum absolute atomic E-state index is 0.179. The molecule has 24 heavy (non-hydrogen) atoms. The molecule has 0 fully saturated rings. The first-order chi connectivity index (χ1) is 11.7. The number of amides is 1. The van der Waals surface area contributed by atoms with Gasteiger partial charge in [0.05, 0.1) is 12.2 Å². The lowest BCUT2D eigenvalue weighted by Gasteiger charge is -1.99. The fourth-order valence-electron chi connectivity index (χ4n) is 2.45. The molecule has 120 valence electrons. The van der Waals surface area contributed by atoms with E-state index in [-0.39, 0.29) is 5.91 Å². The molecule has 1 amide bonds. The summed E-state index contributed by atoms with van der Waals surface area (Å²) < 4.78 is 1.97. The topological polar surface area (TPSA) is 59.3 Å². The number of hydrogen-bond acceptors (Lipinski definition) is 5. The lowest BCUT2D eigenvalue weighted by molar-refractivity contribution is 0.0946. The highest BCUT2D eigenvalue weighted by Gasteiger charge is 2.13. The molecule has 0 aromatic carbocycles. The van der Waals surface area contributed by atoms with Crippen LogP contribution in [0.15, 0.2) is 46.7 Å². The lowest BCUT2D eigenvalue weighted by Crippen LogP contribution is -2.23. The van der Waals surface area contributed by atoms with Crippen molar-refractivity contribution in [1.82, 2.24) is 19.7 Å². The van der Waals surface area contributed by atoms with Crippen LogP contribution in [-0.4, -0.2) is 20.3 Å². The maximum atomic E-state index is 12.3. The summed E-state index contributed by atoms with van der Waals surface area (Å²) in [5.74, 6) is -0.179. The van der Waals surface area contributed by atoms with Crippen molar-refractivity contribution in [1.29, 1.82) is 0 Å². The summed E-state index contributed by atoms with van der Waals surface area (Å²) in [5, 5.41) is 9.57. The van der Waals surface area contributed by atoms with Crippen LogP contribution < -0.4 is 5.32 Å². The van der Waals surface area contributed by atoms with Gasteiger partial charge >= 0.3 is 0 Å². The van der Waals surface area contributed by atoms with Gasteiger partial charge in [-0.05, 0) is 30.0 Å². The van der Waals surface area contributed by atoms with Gasteiger partial charge in [0.25, 0.3) is 5.91 Å². The van der Waals surface area contributed by atoms with Crippen LogP contribution in [0, 0.1) is 6.92 Å². The Hall–Kier alpha value is -2.51. The maximum Gasteiger partial charge on any atom is 0.271 e. The van der Waals surface area contributed by atoms with Gasteiger partial charge in [-0.15, -0.1) is 11.3 Å². The van der Waals surface area contributed by atoms with Crippen LogP contribution in [0.5, 0.6) is 0 Å². The van der Waals surface area contributed by atoms with Gasteiger partial charge in [-0.2, -0.15) is 11.3 Å². The average Bonchev–Trinajstić information content (AvgIpc) is 3.30. The summed E-state index contributed by atoms with van der Waals surface area (Å²) in [6.07, 6.45) is 3.88. The van der Waals surface area contributed by atoms with Gasteiger partial charge < -0.3 is 9.72 Å². The molecule has 0 aliphatic carbocycles. The highest BCUT2D eigenvalue weighted by atomic mass is 32.1. The number of carbonyl (C=O) groups excluding carboxylic acids is 1. The number of aryl methyl sites for hydroxylation is 1. The van der Waals surface area contributed by atoms with Crippen molar-refractivity contribution in [3.8, 4) is 10.6 Å². The number of thiazole rings is 1. The van der Waals surface area contributed by atoms with Gasteiger partial charge in [-0.3, -0.25) is 4.79 Å². The summed E-state index contributed by atoms with van der Waals surface area (Å²) in [6.45, 7) is 2.40. The molecule has 4 rings (SSSR count). The van der Waals surface area contributed by atoms with E-state index in [4.69, 9.17) is 0 Å². The average molecular weight is 354 g/mol. The number of pyridine rings is 1. The van der Waals surface area contributed by atoms with Gasteiger partial charge in [-0.1, -0.05) is 6.07 Å². The van der Waals surface area contributed by atoms with Crippen molar-refractivity contribution in [2.45, 2.75) is 13.5 Å². The normalized spacial score (nSPS) is 11.0. The van der Waals surface area contributed by atoms with Gasteiger partial charge in [-0.25, -0.2) is 9.97 Å². The van der Waals surface area contributed by atoms with E-state index in [1.165, 1.54) is 11.3 Å². The third-order valence-corrected chi connectivity index (χ3v) is 5.24. The minimum atomic E-state index is -0.179. The zero-order valence-electron chi connectivity index (χ0n) is 12.9. The Labute approximate surface area is 146 Å². The summed E-state index contributed by atoms with van der Waals surface area (Å²) in [4.78, 5) is 21.2. The van der Waals surface area contributed by atoms with Crippen LogP contribution in [-0.2, 0) is 6.54 Å². The molecule has 0 radical (unpaired) electrons. The number of aromatic nitrogens is 3. The number of nitrogens with zero attached hydrogens (tertiary/aromatic N) is 3. The summed E-state index contributed by atoms with van der Waals surface area (Å²) in [7, 11) is 0. The van der Waals surface area contributed by atoms with Gasteiger partial charge in [0.2, 0.25) is 0 Å². The zero-order chi connectivity index (χ0) is 16.5. The first-order valence-corrected chi connectivity index (χ1v) is 9.22. The number of hydrogen-bond donors (Lipinski definition) is 1. The molecule has 0 aliphatic heterocycles. The monoisotopic (exact) mass is 354 g/mol. The molecule has 0 bridgehead atoms. The Morgan fingerprint density at radius 3 is 3.00 bits per heavy atom. The molecular weight excluding hydrogens is 340 g/mol. The Kier molecular flexibility index (Phi) is 3.87. The molecule has 0 saturated heterocycles. The molecule has 0 spiro atoms. The van der Waals surface area contributed by atoms with Crippen LogP contribution in [0.2, 0.25) is 0 Å². The second-order valence-corrected chi connectivity index (χ2v) is 7.03. The van der Waals surface area contributed by atoms with E-state index < -0.39 is 0 Å². The Bertz CT molecular complexity index is 1000. The molecule has 0 atom stereocenters. The molecule has 5 nitrogen and oxygen atoms in total. The number of fused-ring (bicyclic) bond motifs is 1. The molecule has 0 aliphatic rings. The van der Waals surface area contributed by atoms with Crippen molar-refractivity contribution >= 4 is 34.2 Å². The van der Waals surface area contributed by atoms with E-state index in [1.54, 1.807) is 16.7 Å². The predicted molar refractivity (Wildman–Crippen MR) is 96.5 cm³/mol. The Morgan fingerprint density at radius 1 is 1.29 bits per heavy atom. The Morgan fingerprint density at radius 2 is 2.21 bits per heavy atom. The SMILES string of the molecule is Cc1cccn2cc(CNC(=O)c3csc(-c4ccsc4)n3)nc12. The summed E-state index contributed by atoms with van der Waals surface area (Å²) in [5.41, 5.74) is 4.34. The van der Waals surface area contributed by atoms with E-state index >= 15 is 0 Å². The summed E-state index contributed by atoms with van der Waals surface area (Å²) in [6, 6.07) is 6.00. The zero-order valence-corrected chi connectivity index (χ0v) is 14.5. The third-order valence-electron chi connectivity index (χ3n) is 3.66. The second-order valence-electron chi connectivity index (χ2n) is 5.39. The van der Waals surface area contributed by atoms with E-state index in [1.807, 2.05) is 52.7 Å². The highest BCUT2D eigenvalue weighted by molar-refractivity contribution is 7.14. The highest BCUT2D eigenvalue weighted by Crippen LogP contribution is 2.25. The molecule has 0 saturated carbocycles. The molecule has 7 heteroatoms. The third kappa shape index (κ3) is 2.83. The molecule has 4 aromatic heterocycles. The fraction of sp³-hybridized carbons (Fsp3) is 0.118. The number of carbonyl (C=O) groups is 1. The van der Waals surface area contributed by atoms with Crippen molar-refractivity contribution in [3.63, 3.8) is 0 Å². The van der Waals surface area contributed by atoms with Gasteiger partial charge in [0.15, 0.2) is 0 Å². The minimum Gasteiger partial charge on any atom is -0.345 e. The number of imidazole rings is 1. The molecule has 4 aromatic rings. The van der Waals surface area contributed by atoms with Crippen molar-refractivity contribution in [2.75, 3.05) is 0 Å². The number of nitrogens with one attached hydrogen (secondary N) is 1. The number of rotatable bonds is 4. The van der Waals surface area contributed by atoms with Crippen LogP contribution in [0.25, 0.3) is 16.2 Å². The molecule has 0 unspecified atom stereocenters. The van der Waals surface area contributed by atoms with E-state index in [0.29, 0.717) is 12.2 Å². The van der Waals surface area contributed by atoms with Crippen LogP contribution in [0.3, 0.4) is 0 Å². The van der Waals surface area contributed by atoms with E-state index in [0.717, 1.165) is 27.5 Å². The smallest absolute Gasteiger partial charge is 0.271 e. The predicted octanol–water partition coefficient (Wildman–Crippen LogP) is 3.76. The maximum absolute atomic E-state index is 12.3. The van der Waals surface area contributed by atoms with Crippen LogP contribution in [0.4, 0.5) is 0 Å². The second kappa shape index (κ2) is 6.18. The van der Waals surface area contributed by atoms with Crippen molar-refractivity contribution < 1.29 is 4.79 Å². The van der Waals surface area contributed by atoms with Gasteiger partial charge in [0, 0.05) is 28.7 Å².